The molecule has 0 atom stereocenters. The van der Waals surface area contributed by atoms with Gasteiger partial charge in [-0.25, -0.2) is 0 Å². The van der Waals surface area contributed by atoms with Gasteiger partial charge in [0.25, 0.3) is 0 Å². The first-order valence-corrected chi connectivity index (χ1v) is 8.30. The molecule has 0 fully saturated rings. The minimum Gasteiger partial charge on any atom is -0.489 e. The number of hydrogen-bond acceptors (Lipinski definition) is 3. The van der Waals surface area contributed by atoms with E-state index in [1.54, 1.807) is 13.0 Å². The molecule has 0 aliphatic rings. The molecule has 2 rings (SSSR count). The van der Waals surface area contributed by atoms with Crippen LogP contribution in [0.25, 0.3) is 0 Å². The number of rotatable bonds is 6. The van der Waals surface area contributed by atoms with Crippen molar-refractivity contribution in [3.8, 4) is 5.75 Å². The van der Waals surface area contributed by atoms with Crippen molar-refractivity contribution >= 4 is 11.6 Å². The van der Waals surface area contributed by atoms with Gasteiger partial charge in [-0.05, 0) is 49.1 Å². The highest BCUT2D eigenvalue weighted by molar-refractivity contribution is 5.91. The molecular weight excluding hydrogens is 302 g/mol. The molecule has 1 amide bonds. The minimum atomic E-state index is -0.342. The largest absolute Gasteiger partial charge is 0.489 e. The van der Waals surface area contributed by atoms with E-state index in [-0.39, 0.29) is 12.3 Å². The zero-order valence-electron chi connectivity index (χ0n) is 14.8. The molecule has 0 aliphatic carbocycles. The lowest BCUT2D eigenvalue weighted by atomic mass is 10.1. The van der Waals surface area contributed by atoms with E-state index >= 15 is 0 Å². The van der Waals surface area contributed by atoms with Gasteiger partial charge in [-0.1, -0.05) is 38.1 Å². The van der Waals surface area contributed by atoms with Crippen molar-refractivity contribution in [2.45, 2.75) is 47.1 Å². The van der Waals surface area contributed by atoms with Crippen LogP contribution in [-0.2, 0) is 17.8 Å². The van der Waals surface area contributed by atoms with E-state index in [9.17, 15) is 10.0 Å². The summed E-state index contributed by atoms with van der Waals surface area (Å²) in [5, 5.41) is 10.9. The van der Waals surface area contributed by atoms with E-state index in [1.807, 2.05) is 32.0 Å². The van der Waals surface area contributed by atoms with Gasteiger partial charge >= 0.3 is 0 Å². The van der Waals surface area contributed by atoms with Crippen LogP contribution in [-0.4, -0.2) is 11.1 Å². The van der Waals surface area contributed by atoms with Crippen LogP contribution in [0, 0.1) is 13.8 Å². The first-order valence-electron chi connectivity index (χ1n) is 8.30. The second-order valence-electron chi connectivity index (χ2n) is 5.87. The molecule has 0 unspecified atom stereocenters. The predicted octanol–water partition coefficient (Wildman–Crippen LogP) is 4.58. The van der Waals surface area contributed by atoms with E-state index in [0.29, 0.717) is 12.3 Å². The summed E-state index contributed by atoms with van der Waals surface area (Å²) in [6.45, 7) is 8.10. The van der Waals surface area contributed by atoms with E-state index in [0.717, 1.165) is 33.9 Å². The lowest BCUT2D eigenvalue weighted by molar-refractivity contribution is -0.123. The van der Waals surface area contributed by atoms with Crippen molar-refractivity contribution in [1.82, 2.24) is 0 Å². The Labute approximate surface area is 143 Å². The lowest BCUT2D eigenvalue weighted by Crippen LogP contribution is -2.27. The summed E-state index contributed by atoms with van der Waals surface area (Å²) in [5.74, 6) is 0.470. The Morgan fingerprint density at radius 2 is 1.88 bits per heavy atom. The van der Waals surface area contributed by atoms with Crippen LogP contribution in [0.1, 0.15) is 42.5 Å². The van der Waals surface area contributed by atoms with Gasteiger partial charge in [0.05, 0.1) is 5.69 Å². The van der Waals surface area contributed by atoms with Crippen LogP contribution in [0.15, 0.2) is 36.4 Å². The molecular formula is C20H25NO3. The predicted molar refractivity (Wildman–Crippen MR) is 95.6 cm³/mol. The first-order chi connectivity index (χ1) is 11.5. The molecule has 0 bridgehead atoms. The Balaban J connectivity index is 2.25. The fourth-order valence-electron chi connectivity index (χ4n) is 2.60. The summed E-state index contributed by atoms with van der Waals surface area (Å²) in [6, 6.07) is 11.6. The summed E-state index contributed by atoms with van der Waals surface area (Å²) in [7, 11) is 0. The molecule has 1 N–H and O–H groups in total. The quantitative estimate of drug-likeness (QED) is 0.624. The Bertz CT molecular complexity index is 725. The van der Waals surface area contributed by atoms with Gasteiger partial charge in [-0.15, -0.1) is 0 Å². The van der Waals surface area contributed by atoms with Gasteiger partial charge in [0.1, 0.15) is 12.4 Å². The van der Waals surface area contributed by atoms with E-state index < -0.39 is 0 Å². The second-order valence-corrected chi connectivity index (χ2v) is 5.87. The molecule has 24 heavy (non-hydrogen) atoms. The Kier molecular flexibility index (Phi) is 5.99. The van der Waals surface area contributed by atoms with Crippen LogP contribution in [0.5, 0.6) is 5.75 Å². The van der Waals surface area contributed by atoms with Crippen molar-refractivity contribution in [1.29, 1.82) is 0 Å². The molecule has 4 nitrogen and oxygen atoms in total. The molecule has 0 saturated carbocycles. The van der Waals surface area contributed by atoms with Gasteiger partial charge in [-0.3, -0.25) is 10.0 Å². The first kappa shape index (κ1) is 18.0. The number of hydrogen-bond donors (Lipinski definition) is 1. The molecule has 0 spiro atoms. The number of benzene rings is 2. The molecule has 0 aromatic heterocycles. The van der Waals surface area contributed by atoms with Crippen LogP contribution in [0.4, 0.5) is 5.69 Å². The van der Waals surface area contributed by atoms with Crippen LogP contribution in [0.3, 0.4) is 0 Å². The number of aryl methyl sites for hydroxylation is 3. The maximum Gasteiger partial charge on any atom is 0.250 e. The summed E-state index contributed by atoms with van der Waals surface area (Å²) in [4.78, 5) is 11.8. The Morgan fingerprint density at radius 3 is 2.50 bits per heavy atom. The highest BCUT2D eigenvalue weighted by Gasteiger charge is 2.17. The molecule has 2 aromatic carbocycles. The SMILES string of the molecule is CCC(=O)N(O)c1cccc(C)c1COc1ccc(CC)cc1C. The second kappa shape index (κ2) is 7.97. The number of anilines is 1. The van der Waals surface area contributed by atoms with Crippen molar-refractivity contribution in [2.75, 3.05) is 5.06 Å². The molecule has 0 heterocycles. The van der Waals surface area contributed by atoms with Gasteiger partial charge in [0.15, 0.2) is 0 Å². The average molecular weight is 327 g/mol. The van der Waals surface area contributed by atoms with E-state index in [2.05, 4.69) is 19.1 Å². The third kappa shape index (κ3) is 3.95. The van der Waals surface area contributed by atoms with Gasteiger partial charge < -0.3 is 4.74 Å². The summed E-state index contributed by atoms with van der Waals surface area (Å²) < 4.78 is 5.96. The standard InChI is InChI=1S/C20H25NO3/c1-5-16-10-11-19(15(4)12-16)24-13-17-14(3)8-7-9-18(17)21(23)20(22)6-2/h7-12,23H,5-6,13H2,1-4H3. The van der Waals surface area contributed by atoms with Crippen LogP contribution < -0.4 is 9.80 Å². The highest BCUT2D eigenvalue weighted by atomic mass is 16.5. The lowest BCUT2D eigenvalue weighted by Gasteiger charge is -2.20. The monoisotopic (exact) mass is 327 g/mol. The number of carbonyl (C=O) groups is 1. The summed E-state index contributed by atoms with van der Waals surface area (Å²) in [6.07, 6.45) is 1.23. The highest BCUT2D eigenvalue weighted by Crippen LogP contribution is 2.27. The number of amides is 1. The van der Waals surface area contributed by atoms with Crippen molar-refractivity contribution in [2.24, 2.45) is 0 Å². The summed E-state index contributed by atoms with van der Waals surface area (Å²) >= 11 is 0. The molecule has 4 heteroatoms. The zero-order chi connectivity index (χ0) is 17.7. The third-order valence-electron chi connectivity index (χ3n) is 4.17. The summed E-state index contributed by atoms with van der Waals surface area (Å²) in [5.41, 5.74) is 4.60. The number of carbonyl (C=O) groups excluding carboxylic acids is 1. The molecule has 128 valence electrons. The normalized spacial score (nSPS) is 10.5. The average Bonchev–Trinajstić information content (AvgIpc) is 2.59. The molecule has 2 aromatic rings. The zero-order valence-corrected chi connectivity index (χ0v) is 14.8. The third-order valence-corrected chi connectivity index (χ3v) is 4.17. The Morgan fingerprint density at radius 1 is 1.12 bits per heavy atom. The van der Waals surface area contributed by atoms with Crippen LogP contribution >= 0.6 is 0 Å². The maximum absolute atomic E-state index is 11.8. The Hall–Kier alpha value is -2.33. The van der Waals surface area contributed by atoms with Gasteiger partial charge in [0.2, 0.25) is 5.91 Å². The van der Waals surface area contributed by atoms with Gasteiger partial charge in [0, 0.05) is 12.0 Å². The maximum atomic E-state index is 11.8. The van der Waals surface area contributed by atoms with Crippen molar-refractivity contribution in [3.63, 3.8) is 0 Å². The molecule has 0 radical (unpaired) electrons. The van der Waals surface area contributed by atoms with Crippen LogP contribution in [0.2, 0.25) is 0 Å². The van der Waals surface area contributed by atoms with Crippen molar-refractivity contribution < 1.29 is 14.7 Å². The van der Waals surface area contributed by atoms with E-state index in [4.69, 9.17) is 4.74 Å². The topological polar surface area (TPSA) is 49.8 Å². The molecule has 0 aliphatic heterocycles. The minimum absolute atomic E-state index is 0.238. The number of nitrogens with zero attached hydrogens (tertiary/aromatic N) is 1. The number of hydroxylamine groups is 1. The molecule has 0 saturated heterocycles. The fourth-order valence-corrected chi connectivity index (χ4v) is 2.60. The smallest absolute Gasteiger partial charge is 0.250 e. The fraction of sp³-hybridized carbons (Fsp3) is 0.350. The van der Waals surface area contributed by atoms with E-state index in [1.165, 1.54) is 5.56 Å². The van der Waals surface area contributed by atoms with Gasteiger partial charge in [-0.2, -0.15) is 5.06 Å². The van der Waals surface area contributed by atoms with Crippen molar-refractivity contribution in [3.05, 3.63) is 58.7 Å². The number of ether oxygens (including phenoxy) is 1.